The Morgan fingerprint density at radius 3 is 2.47 bits per heavy atom. The Bertz CT molecular complexity index is 335. The van der Waals surface area contributed by atoms with Crippen molar-refractivity contribution in [1.82, 2.24) is 10.6 Å². The number of imide groups is 1. The number of hydrogen-bond donors (Lipinski definition) is 2. The minimum absolute atomic E-state index is 0.0285. The van der Waals surface area contributed by atoms with Crippen LogP contribution in [0.5, 0.6) is 0 Å². The molecule has 17 heavy (non-hydrogen) atoms. The molecule has 0 aromatic rings. The molecule has 3 amide bonds. The Morgan fingerprint density at radius 1 is 1.12 bits per heavy atom. The van der Waals surface area contributed by atoms with E-state index in [1.54, 1.807) is 0 Å². The van der Waals surface area contributed by atoms with Crippen molar-refractivity contribution in [2.75, 3.05) is 0 Å². The zero-order chi connectivity index (χ0) is 12.3. The Kier molecular flexibility index (Phi) is 3.76. The van der Waals surface area contributed by atoms with Crippen LogP contribution >= 0.6 is 0 Å². The van der Waals surface area contributed by atoms with Gasteiger partial charge in [-0.05, 0) is 19.3 Å². The first-order valence-corrected chi connectivity index (χ1v) is 6.31. The summed E-state index contributed by atoms with van der Waals surface area (Å²) in [6, 6.07) is -0.526. The molecule has 0 aromatic heterocycles. The lowest BCUT2D eigenvalue weighted by Crippen LogP contribution is -2.53. The summed E-state index contributed by atoms with van der Waals surface area (Å²) in [5.74, 6) is -0.600. The number of amides is 3. The van der Waals surface area contributed by atoms with Crippen molar-refractivity contribution < 1.29 is 14.4 Å². The van der Waals surface area contributed by atoms with Gasteiger partial charge in [-0.15, -0.1) is 0 Å². The lowest BCUT2D eigenvalue weighted by atomic mass is 9.88. The van der Waals surface area contributed by atoms with E-state index in [1.165, 1.54) is 6.42 Å². The SMILES string of the molecule is O=C1CCC(NC(=O)C2CCCCC2)C(=O)N1. The first kappa shape index (κ1) is 12.1. The van der Waals surface area contributed by atoms with Crippen LogP contribution in [0.2, 0.25) is 0 Å². The van der Waals surface area contributed by atoms with Crippen LogP contribution in [0.1, 0.15) is 44.9 Å². The van der Waals surface area contributed by atoms with Crippen LogP contribution in [0, 0.1) is 5.92 Å². The van der Waals surface area contributed by atoms with Gasteiger partial charge in [0.15, 0.2) is 0 Å². The third-order valence-electron chi connectivity index (χ3n) is 3.53. The molecule has 1 aliphatic heterocycles. The second kappa shape index (κ2) is 5.29. The molecule has 1 heterocycles. The Hall–Kier alpha value is -1.39. The summed E-state index contributed by atoms with van der Waals surface area (Å²) in [6.45, 7) is 0. The van der Waals surface area contributed by atoms with Crippen molar-refractivity contribution >= 4 is 17.7 Å². The van der Waals surface area contributed by atoms with E-state index >= 15 is 0 Å². The molecule has 1 saturated heterocycles. The average Bonchev–Trinajstić information content (AvgIpc) is 2.34. The fraction of sp³-hybridized carbons (Fsp3) is 0.750. The highest BCUT2D eigenvalue weighted by molar-refractivity contribution is 6.01. The summed E-state index contributed by atoms with van der Waals surface area (Å²) in [7, 11) is 0. The predicted octanol–water partition coefficient (Wildman–Crippen LogP) is 0.488. The first-order chi connectivity index (χ1) is 8.16. The smallest absolute Gasteiger partial charge is 0.249 e. The average molecular weight is 238 g/mol. The number of rotatable bonds is 2. The Morgan fingerprint density at radius 2 is 1.82 bits per heavy atom. The molecule has 0 radical (unpaired) electrons. The van der Waals surface area contributed by atoms with Crippen LogP contribution in [-0.2, 0) is 14.4 Å². The van der Waals surface area contributed by atoms with E-state index in [9.17, 15) is 14.4 Å². The minimum Gasteiger partial charge on any atom is -0.344 e. The molecule has 0 spiro atoms. The Labute approximate surface area is 100 Å². The lowest BCUT2D eigenvalue weighted by molar-refractivity contribution is -0.138. The number of nitrogens with one attached hydrogen (secondary N) is 2. The predicted molar refractivity (Wildman–Crippen MR) is 60.9 cm³/mol. The second-order valence-corrected chi connectivity index (χ2v) is 4.85. The van der Waals surface area contributed by atoms with E-state index in [0.29, 0.717) is 12.8 Å². The fourth-order valence-electron chi connectivity index (χ4n) is 2.49. The quantitative estimate of drug-likeness (QED) is 0.687. The third kappa shape index (κ3) is 3.05. The maximum absolute atomic E-state index is 11.9. The molecule has 1 saturated carbocycles. The van der Waals surface area contributed by atoms with Crippen molar-refractivity contribution in [1.29, 1.82) is 0 Å². The van der Waals surface area contributed by atoms with E-state index in [1.807, 2.05) is 0 Å². The summed E-state index contributed by atoms with van der Waals surface area (Å²) in [6.07, 6.45) is 5.94. The van der Waals surface area contributed by atoms with E-state index < -0.39 is 6.04 Å². The summed E-state index contributed by atoms with van der Waals surface area (Å²) < 4.78 is 0. The highest BCUT2D eigenvalue weighted by atomic mass is 16.2. The maximum atomic E-state index is 11.9. The maximum Gasteiger partial charge on any atom is 0.249 e. The van der Waals surface area contributed by atoms with Crippen LogP contribution < -0.4 is 10.6 Å². The molecule has 2 N–H and O–H groups in total. The van der Waals surface area contributed by atoms with Gasteiger partial charge in [0.2, 0.25) is 17.7 Å². The van der Waals surface area contributed by atoms with Gasteiger partial charge in [-0.1, -0.05) is 19.3 Å². The standard InChI is InChI=1S/C12H18N2O3/c15-10-7-6-9(12(17)14-10)13-11(16)8-4-2-1-3-5-8/h8-9H,1-7H2,(H,13,16)(H,14,15,17). The van der Waals surface area contributed by atoms with Gasteiger partial charge in [0, 0.05) is 12.3 Å². The largest absolute Gasteiger partial charge is 0.344 e. The van der Waals surface area contributed by atoms with Crippen LogP contribution in [0.25, 0.3) is 0 Å². The molecular weight excluding hydrogens is 220 g/mol. The van der Waals surface area contributed by atoms with Crippen molar-refractivity contribution in [2.24, 2.45) is 5.92 Å². The van der Waals surface area contributed by atoms with Crippen LogP contribution in [0.3, 0.4) is 0 Å². The fourth-order valence-corrected chi connectivity index (χ4v) is 2.49. The summed E-state index contributed by atoms with van der Waals surface area (Å²) in [5.41, 5.74) is 0. The molecule has 1 atom stereocenters. The van der Waals surface area contributed by atoms with Gasteiger partial charge in [0.05, 0.1) is 0 Å². The van der Waals surface area contributed by atoms with Gasteiger partial charge in [0.1, 0.15) is 6.04 Å². The molecule has 5 heteroatoms. The minimum atomic E-state index is -0.526. The molecule has 2 aliphatic rings. The van der Waals surface area contributed by atoms with Crippen LogP contribution in [-0.4, -0.2) is 23.8 Å². The van der Waals surface area contributed by atoms with Gasteiger partial charge in [-0.25, -0.2) is 0 Å². The van der Waals surface area contributed by atoms with E-state index in [0.717, 1.165) is 25.7 Å². The van der Waals surface area contributed by atoms with Crippen molar-refractivity contribution in [3.05, 3.63) is 0 Å². The van der Waals surface area contributed by atoms with Crippen molar-refractivity contribution in [3.8, 4) is 0 Å². The summed E-state index contributed by atoms with van der Waals surface area (Å²) >= 11 is 0. The molecule has 2 rings (SSSR count). The molecule has 2 fully saturated rings. The molecule has 5 nitrogen and oxygen atoms in total. The monoisotopic (exact) mass is 238 g/mol. The highest BCUT2D eigenvalue weighted by Gasteiger charge is 2.30. The third-order valence-corrected chi connectivity index (χ3v) is 3.53. The molecule has 0 aromatic carbocycles. The van der Waals surface area contributed by atoms with Crippen LogP contribution in [0.15, 0.2) is 0 Å². The molecule has 0 bridgehead atoms. The number of carbonyl (C=O) groups excluding carboxylic acids is 3. The van der Waals surface area contributed by atoms with Gasteiger partial charge in [-0.3, -0.25) is 19.7 Å². The second-order valence-electron chi connectivity index (χ2n) is 4.85. The zero-order valence-electron chi connectivity index (χ0n) is 9.83. The topological polar surface area (TPSA) is 75.3 Å². The number of piperidine rings is 1. The molecule has 1 unspecified atom stereocenters. The molecule has 1 aliphatic carbocycles. The number of carbonyl (C=O) groups is 3. The van der Waals surface area contributed by atoms with Gasteiger partial charge < -0.3 is 5.32 Å². The van der Waals surface area contributed by atoms with Crippen molar-refractivity contribution in [3.63, 3.8) is 0 Å². The summed E-state index contributed by atoms with van der Waals surface area (Å²) in [5, 5.41) is 5.00. The highest BCUT2D eigenvalue weighted by Crippen LogP contribution is 2.24. The van der Waals surface area contributed by atoms with E-state index in [2.05, 4.69) is 10.6 Å². The van der Waals surface area contributed by atoms with E-state index in [4.69, 9.17) is 0 Å². The van der Waals surface area contributed by atoms with E-state index in [-0.39, 0.29) is 23.6 Å². The first-order valence-electron chi connectivity index (χ1n) is 6.31. The summed E-state index contributed by atoms with van der Waals surface area (Å²) in [4.78, 5) is 34.4. The van der Waals surface area contributed by atoms with Crippen molar-refractivity contribution in [2.45, 2.75) is 51.0 Å². The van der Waals surface area contributed by atoms with Gasteiger partial charge in [-0.2, -0.15) is 0 Å². The van der Waals surface area contributed by atoms with Gasteiger partial charge in [0.25, 0.3) is 0 Å². The Balaban J connectivity index is 1.85. The lowest BCUT2D eigenvalue weighted by Gasteiger charge is -2.26. The number of hydrogen-bond acceptors (Lipinski definition) is 3. The molecule has 94 valence electrons. The molecular formula is C12H18N2O3. The van der Waals surface area contributed by atoms with Gasteiger partial charge >= 0.3 is 0 Å². The zero-order valence-corrected chi connectivity index (χ0v) is 9.83. The van der Waals surface area contributed by atoms with Crippen LogP contribution in [0.4, 0.5) is 0 Å². The normalized spacial score (nSPS) is 26.5.